The highest BCUT2D eigenvalue weighted by Crippen LogP contribution is 2.17. The van der Waals surface area contributed by atoms with E-state index in [9.17, 15) is 0 Å². The van der Waals surface area contributed by atoms with E-state index in [-0.39, 0.29) is 6.04 Å². The van der Waals surface area contributed by atoms with Crippen LogP contribution in [-0.2, 0) is 11.8 Å². The minimum atomic E-state index is 0.174. The van der Waals surface area contributed by atoms with Crippen molar-refractivity contribution in [2.45, 2.75) is 12.5 Å². The molecule has 0 spiro atoms. The molecule has 1 aliphatic rings. The van der Waals surface area contributed by atoms with Crippen molar-refractivity contribution in [1.82, 2.24) is 24.9 Å². The van der Waals surface area contributed by atoms with Crippen LogP contribution < -0.4 is 11.1 Å². The van der Waals surface area contributed by atoms with E-state index < -0.39 is 0 Å². The molecule has 3 N–H and O–H groups in total. The van der Waals surface area contributed by atoms with Gasteiger partial charge in [-0.25, -0.2) is 0 Å². The number of nitrogens with zero attached hydrogens (tertiary/aromatic N) is 5. The number of nitrogens with two attached hydrogens (primary N) is 1. The van der Waals surface area contributed by atoms with Gasteiger partial charge in [0.1, 0.15) is 0 Å². The molecular formula is C16H31N7O. The molecule has 8 heteroatoms. The monoisotopic (exact) mass is 337 g/mol. The molecule has 1 aliphatic heterocycles. The van der Waals surface area contributed by atoms with Crippen LogP contribution in [0.1, 0.15) is 18.0 Å². The molecule has 2 rings (SSSR count). The lowest BCUT2D eigenvalue weighted by Crippen LogP contribution is -2.39. The Bertz CT molecular complexity index is 508. The summed E-state index contributed by atoms with van der Waals surface area (Å²) in [5.41, 5.74) is 7.14. The molecule has 1 aromatic rings. The van der Waals surface area contributed by atoms with Crippen LogP contribution in [0, 0.1) is 0 Å². The average Bonchev–Trinajstić information content (AvgIpc) is 2.98. The second kappa shape index (κ2) is 9.61. The van der Waals surface area contributed by atoms with E-state index in [2.05, 4.69) is 25.2 Å². The fourth-order valence-electron chi connectivity index (χ4n) is 2.76. The number of guanidine groups is 1. The number of rotatable bonds is 8. The van der Waals surface area contributed by atoms with Gasteiger partial charge in [0.25, 0.3) is 0 Å². The predicted octanol–water partition coefficient (Wildman–Crippen LogP) is -0.351. The first-order valence-electron chi connectivity index (χ1n) is 8.55. The lowest BCUT2D eigenvalue weighted by molar-refractivity contribution is 0.0376. The minimum absolute atomic E-state index is 0.174. The third-order valence-electron chi connectivity index (χ3n) is 4.23. The van der Waals surface area contributed by atoms with E-state index in [1.807, 2.05) is 38.2 Å². The van der Waals surface area contributed by atoms with E-state index in [1.54, 1.807) is 0 Å². The van der Waals surface area contributed by atoms with Gasteiger partial charge in [-0.05, 0) is 27.1 Å². The number of hydrogen-bond acceptors (Lipinski definition) is 5. The van der Waals surface area contributed by atoms with E-state index in [1.165, 1.54) is 0 Å². The van der Waals surface area contributed by atoms with Gasteiger partial charge in [-0.3, -0.25) is 14.6 Å². The van der Waals surface area contributed by atoms with Crippen molar-refractivity contribution in [3.63, 3.8) is 0 Å². The zero-order chi connectivity index (χ0) is 17.4. The summed E-state index contributed by atoms with van der Waals surface area (Å²) in [6.07, 6.45) is 4.95. The number of nitrogens with one attached hydrogen (secondary N) is 1. The van der Waals surface area contributed by atoms with Crippen molar-refractivity contribution in [1.29, 1.82) is 0 Å². The molecular weight excluding hydrogens is 306 g/mol. The van der Waals surface area contributed by atoms with Crippen molar-refractivity contribution in [3.05, 3.63) is 18.0 Å². The Labute approximate surface area is 144 Å². The van der Waals surface area contributed by atoms with Crippen LogP contribution in [0.2, 0.25) is 0 Å². The molecule has 1 saturated heterocycles. The first kappa shape index (κ1) is 18.7. The van der Waals surface area contributed by atoms with Crippen LogP contribution in [-0.4, -0.2) is 85.6 Å². The summed E-state index contributed by atoms with van der Waals surface area (Å²) in [6, 6.07) is 0.174. The molecule has 1 atom stereocenters. The van der Waals surface area contributed by atoms with Gasteiger partial charge in [-0.2, -0.15) is 5.10 Å². The molecule has 24 heavy (non-hydrogen) atoms. The zero-order valence-electron chi connectivity index (χ0n) is 15.1. The quantitative estimate of drug-likeness (QED) is 0.383. The highest BCUT2D eigenvalue weighted by molar-refractivity contribution is 5.77. The summed E-state index contributed by atoms with van der Waals surface area (Å²) in [6.45, 7) is 6.26. The van der Waals surface area contributed by atoms with Gasteiger partial charge in [-0.1, -0.05) is 0 Å². The van der Waals surface area contributed by atoms with E-state index >= 15 is 0 Å². The van der Waals surface area contributed by atoms with Crippen molar-refractivity contribution in [2.24, 2.45) is 17.8 Å². The Kier molecular flexibility index (Phi) is 7.48. The molecule has 0 amide bonds. The highest BCUT2D eigenvalue weighted by Gasteiger charge is 2.15. The van der Waals surface area contributed by atoms with E-state index in [4.69, 9.17) is 10.5 Å². The fraction of sp³-hybridized carbons (Fsp3) is 0.750. The van der Waals surface area contributed by atoms with Crippen molar-refractivity contribution >= 4 is 5.96 Å². The van der Waals surface area contributed by atoms with Gasteiger partial charge in [0, 0.05) is 38.4 Å². The number of aromatic nitrogens is 2. The summed E-state index contributed by atoms with van der Waals surface area (Å²) < 4.78 is 7.16. The maximum absolute atomic E-state index is 5.99. The van der Waals surface area contributed by atoms with Crippen molar-refractivity contribution in [3.8, 4) is 0 Å². The number of hydrogen-bond donors (Lipinski definition) is 2. The summed E-state index contributed by atoms with van der Waals surface area (Å²) in [7, 11) is 6.00. The first-order valence-corrected chi connectivity index (χ1v) is 8.55. The second-order valence-corrected chi connectivity index (χ2v) is 6.39. The molecule has 8 nitrogen and oxygen atoms in total. The lowest BCUT2D eigenvalue weighted by atomic mass is 10.1. The minimum Gasteiger partial charge on any atom is -0.379 e. The number of likely N-dealkylation sites (N-methyl/N-ethyl adjacent to an activating group) is 1. The van der Waals surface area contributed by atoms with Crippen LogP contribution in [0.3, 0.4) is 0 Å². The molecule has 1 fully saturated rings. The normalized spacial score (nSPS) is 18.1. The third-order valence-corrected chi connectivity index (χ3v) is 4.23. The van der Waals surface area contributed by atoms with Crippen LogP contribution in [0.4, 0.5) is 0 Å². The summed E-state index contributed by atoms with van der Waals surface area (Å²) in [4.78, 5) is 9.04. The van der Waals surface area contributed by atoms with Gasteiger partial charge in [-0.15, -0.1) is 0 Å². The molecule has 0 bridgehead atoms. The second-order valence-electron chi connectivity index (χ2n) is 6.39. The largest absolute Gasteiger partial charge is 0.379 e. The Morgan fingerprint density at radius 2 is 2.21 bits per heavy atom. The van der Waals surface area contributed by atoms with Gasteiger partial charge < -0.3 is 20.7 Å². The number of aliphatic imine (C=N–C) groups is 1. The number of aryl methyl sites for hydroxylation is 1. The molecule has 1 unspecified atom stereocenters. The number of ether oxygens (including phenoxy) is 1. The van der Waals surface area contributed by atoms with Gasteiger partial charge in [0.05, 0.1) is 32.0 Å². The van der Waals surface area contributed by atoms with Crippen LogP contribution >= 0.6 is 0 Å². The Balaban J connectivity index is 1.71. The molecule has 0 aliphatic carbocycles. The Hall–Kier alpha value is -1.64. The van der Waals surface area contributed by atoms with E-state index in [0.29, 0.717) is 12.5 Å². The Morgan fingerprint density at radius 1 is 1.46 bits per heavy atom. The number of morpholine rings is 1. The van der Waals surface area contributed by atoms with E-state index in [0.717, 1.165) is 51.4 Å². The van der Waals surface area contributed by atoms with Crippen LogP contribution in [0.5, 0.6) is 0 Å². The molecule has 1 aromatic heterocycles. The SMILES string of the molecule is CN(C)C(CN=C(N)NCCCN1CCOCC1)c1cnn(C)c1. The van der Waals surface area contributed by atoms with Gasteiger partial charge in [0.2, 0.25) is 0 Å². The topological polar surface area (TPSA) is 83.9 Å². The van der Waals surface area contributed by atoms with Crippen LogP contribution in [0.15, 0.2) is 17.4 Å². The molecule has 136 valence electrons. The standard InChI is InChI=1S/C16H31N7O/c1-21(2)15(14-11-20-22(3)13-14)12-19-16(17)18-5-4-6-23-7-9-24-10-8-23/h11,13,15H,4-10,12H2,1-3H3,(H3,17,18,19). The smallest absolute Gasteiger partial charge is 0.188 e. The van der Waals surface area contributed by atoms with Gasteiger partial charge >= 0.3 is 0 Å². The summed E-state index contributed by atoms with van der Waals surface area (Å²) >= 11 is 0. The van der Waals surface area contributed by atoms with Crippen molar-refractivity contribution < 1.29 is 4.74 Å². The lowest BCUT2D eigenvalue weighted by Gasteiger charge is -2.26. The highest BCUT2D eigenvalue weighted by atomic mass is 16.5. The fourth-order valence-corrected chi connectivity index (χ4v) is 2.76. The molecule has 0 saturated carbocycles. The predicted molar refractivity (Wildman–Crippen MR) is 96.0 cm³/mol. The maximum Gasteiger partial charge on any atom is 0.188 e. The average molecular weight is 337 g/mol. The molecule has 0 radical (unpaired) electrons. The third kappa shape index (κ3) is 6.10. The zero-order valence-corrected chi connectivity index (χ0v) is 15.1. The summed E-state index contributed by atoms with van der Waals surface area (Å²) in [5.74, 6) is 0.507. The molecule has 2 heterocycles. The van der Waals surface area contributed by atoms with Crippen molar-refractivity contribution in [2.75, 3.05) is 60.0 Å². The van der Waals surface area contributed by atoms with Crippen LogP contribution in [0.25, 0.3) is 0 Å². The van der Waals surface area contributed by atoms with Gasteiger partial charge in [0.15, 0.2) is 5.96 Å². The Morgan fingerprint density at radius 3 is 2.83 bits per heavy atom. The molecule has 0 aromatic carbocycles. The summed E-state index contributed by atoms with van der Waals surface area (Å²) in [5, 5.41) is 7.44. The first-order chi connectivity index (χ1) is 11.6. The maximum atomic E-state index is 5.99.